The molecule has 6 aromatic rings. The molecule has 1 amide bonds. The van der Waals surface area contributed by atoms with Crippen molar-refractivity contribution in [2.75, 3.05) is 45.3 Å². The molecule has 3 unspecified atom stereocenters. The number of aliphatic hydroxyl groups excluding tert-OH is 1. The molecule has 0 bridgehead atoms. The predicted molar refractivity (Wildman–Crippen MR) is 214 cm³/mol. The molecule has 2 N–H and O–H groups in total. The Bertz CT molecular complexity index is 2350. The molecule has 0 saturated heterocycles. The number of aromatic nitrogens is 3. The summed E-state index contributed by atoms with van der Waals surface area (Å²) in [4.78, 5) is 30.0. The summed E-state index contributed by atoms with van der Waals surface area (Å²) < 4.78 is 22.7. The first-order valence-corrected chi connectivity index (χ1v) is 18.2. The highest BCUT2D eigenvalue weighted by molar-refractivity contribution is 6.00. The van der Waals surface area contributed by atoms with Gasteiger partial charge in [0.15, 0.2) is 0 Å². The van der Waals surface area contributed by atoms with E-state index in [1.165, 1.54) is 0 Å². The van der Waals surface area contributed by atoms with E-state index in [1.54, 1.807) is 40.8 Å². The Morgan fingerprint density at radius 3 is 2.22 bits per heavy atom. The zero-order valence-corrected chi connectivity index (χ0v) is 31.9. The van der Waals surface area contributed by atoms with Crippen LogP contribution in [0.1, 0.15) is 29.2 Å². The maximum Gasteiger partial charge on any atom is 0.229 e. The van der Waals surface area contributed by atoms with Crippen LogP contribution in [0.4, 0.5) is 17.3 Å². The minimum atomic E-state index is -0.250. The van der Waals surface area contributed by atoms with Crippen LogP contribution in [-0.4, -0.2) is 61.0 Å². The zero-order chi connectivity index (χ0) is 38.6. The van der Waals surface area contributed by atoms with E-state index in [0.29, 0.717) is 47.5 Å². The third-order valence-corrected chi connectivity index (χ3v) is 10.6. The van der Waals surface area contributed by atoms with Gasteiger partial charge in [-0.25, -0.2) is 9.97 Å². The number of amides is 1. The molecular weight excluding hydrogens is 695 g/mol. The molecule has 0 spiro atoms. The Morgan fingerprint density at radius 1 is 0.836 bits per heavy atom. The van der Waals surface area contributed by atoms with Crippen molar-refractivity contribution < 1.29 is 28.8 Å². The van der Waals surface area contributed by atoms with Gasteiger partial charge in [0.05, 0.1) is 40.7 Å². The zero-order valence-electron chi connectivity index (χ0n) is 31.9. The molecule has 3 aromatic carbocycles. The summed E-state index contributed by atoms with van der Waals surface area (Å²) in [6, 6.07) is 25.8. The average Bonchev–Trinajstić information content (AvgIpc) is 3.89. The van der Waals surface area contributed by atoms with Gasteiger partial charge in [-0.1, -0.05) is 31.2 Å². The van der Waals surface area contributed by atoms with Gasteiger partial charge in [-0.05, 0) is 83.3 Å². The van der Waals surface area contributed by atoms with Crippen LogP contribution in [0.25, 0.3) is 22.0 Å². The Kier molecular flexibility index (Phi) is 10.8. The summed E-state index contributed by atoms with van der Waals surface area (Å²) in [6.07, 6.45) is 5.91. The number of methoxy groups -OCH3 is 4. The SMILES string of the molecule is COc1ccc(Cc2ccccc2N(Cc2ccc(OC)cc2OC)c2nc(-c3cnccc3C)cc3cc(NC(=O)C4C(C)C4CO)ncc23)c(OC)c1. The number of carbonyl (C=O) groups is 1. The fourth-order valence-electron chi connectivity index (χ4n) is 7.30. The molecule has 1 aliphatic carbocycles. The lowest BCUT2D eigenvalue weighted by Crippen LogP contribution is -2.21. The van der Waals surface area contributed by atoms with E-state index >= 15 is 0 Å². The number of nitrogens with one attached hydrogen (secondary N) is 1. The Morgan fingerprint density at radius 2 is 1.55 bits per heavy atom. The molecule has 0 aliphatic heterocycles. The highest BCUT2D eigenvalue weighted by Gasteiger charge is 2.51. The fourth-order valence-corrected chi connectivity index (χ4v) is 7.30. The lowest BCUT2D eigenvalue weighted by Gasteiger charge is -2.29. The number of hydrogen-bond donors (Lipinski definition) is 2. The number of para-hydroxylation sites is 1. The van der Waals surface area contributed by atoms with E-state index in [1.807, 2.05) is 86.8 Å². The fraction of sp³-hybridized carbons (Fsp3) is 0.273. The summed E-state index contributed by atoms with van der Waals surface area (Å²) in [5.74, 6) is 3.54. The minimum absolute atomic E-state index is 0.0191. The van der Waals surface area contributed by atoms with Crippen molar-refractivity contribution in [2.24, 2.45) is 17.8 Å². The van der Waals surface area contributed by atoms with Gasteiger partial charge in [-0.15, -0.1) is 0 Å². The van der Waals surface area contributed by atoms with Gasteiger partial charge in [0.1, 0.15) is 34.6 Å². The highest BCUT2D eigenvalue weighted by Crippen LogP contribution is 2.46. The topological polar surface area (TPSA) is 128 Å². The number of benzene rings is 3. The highest BCUT2D eigenvalue weighted by atomic mass is 16.5. The summed E-state index contributed by atoms with van der Waals surface area (Å²) in [5.41, 5.74) is 6.46. The second-order valence-corrected chi connectivity index (χ2v) is 13.8. The number of aryl methyl sites for hydroxylation is 1. The van der Waals surface area contributed by atoms with Crippen LogP contribution in [0.5, 0.6) is 23.0 Å². The maximum atomic E-state index is 13.2. The lowest BCUT2D eigenvalue weighted by atomic mass is 10.00. The van der Waals surface area contributed by atoms with Gasteiger partial charge in [0.2, 0.25) is 5.91 Å². The van der Waals surface area contributed by atoms with E-state index in [9.17, 15) is 9.90 Å². The average molecular weight is 740 g/mol. The number of pyridine rings is 3. The minimum Gasteiger partial charge on any atom is -0.497 e. The Hall–Kier alpha value is -6.20. The largest absolute Gasteiger partial charge is 0.497 e. The second kappa shape index (κ2) is 16.0. The van der Waals surface area contributed by atoms with Crippen LogP contribution in [0.3, 0.4) is 0 Å². The normalized spacial score (nSPS) is 16.0. The first kappa shape index (κ1) is 37.1. The van der Waals surface area contributed by atoms with Crippen molar-refractivity contribution in [3.8, 4) is 34.3 Å². The van der Waals surface area contributed by atoms with E-state index in [-0.39, 0.29) is 30.3 Å². The van der Waals surface area contributed by atoms with E-state index in [0.717, 1.165) is 50.0 Å². The molecule has 1 saturated carbocycles. The molecule has 7 rings (SSSR count). The van der Waals surface area contributed by atoms with Crippen molar-refractivity contribution in [2.45, 2.75) is 26.8 Å². The summed E-state index contributed by atoms with van der Waals surface area (Å²) in [6.45, 7) is 4.37. The molecule has 3 aromatic heterocycles. The van der Waals surface area contributed by atoms with Crippen LogP contribution in [-0.2, 0) is 17.8 Å². The maximum absolute atomic E-state index is 13.2. The summed E-state index contributed by atoms with van der Waals surface area (Å²) >= 11 is 0. The number of rotatable bonds is 14. The number of nitrogens with zero attached hydrogens (tertiary/aromatic N) is 4. The van der Waals surface area contributed by atoms with Crippen molar-refractivity contribution >= 4 is 34.0 Å². The van der Waals surface area contributed by atoms with Crippen LogP contribution in [0, 0.1) is 24.7 Å². The van der Waals surface area contributed by atoms with Gasteiger partial charge >= 0.3 is 0 Å². The first-order valence-electron chi connectivity index (χ1n) is 18.2. The lowest BCUT2D eigenvalue weighted by molar-refractivity contribution is -0.118. The Balaban J connectivity index is 1.42. The number of aliphatic hydroxyl groups is 1. The van der Waals surface area contributed by atoms with Crippen molar-refractivity contribution in [1.82, 2.24) is 15.0 Å². The smallest absolute Gasteiger partial charge is 0.229 e. The number of fused-ring (bicyclic) bond motifs is 1. The van der Waals surface area contributed by atoms with Crippen LogP contribution in [0.15, 0.2) is 97.5 Å². The van der Waals surface area contributed by atoms with Crippen LogP contribution < -0.4 is 29.2 Å². The molecule has 3 heterocycles. The standard InChI is InChI=1S/C44H45N5O6/c1-26-15-16-45-22-34(26)37-18-31-19-41(48-44(51)42-27(2)36(42)25-50)46-23-35(31)43(47-37)49(24-30-12-14-33(53-4)21-40(30)55-6)38-10-8-7-9-28(38)17-29-11-13-32(52-3)20-39(29)54-5/h7-16,18-23,27,36,42,50H,17,24-25H2,1-6H3,(H,46,48,51). The number of carbonyl (C=O) groups excluding carboxylic acids is 1. The van der Waals surface area contributed by atoms with Crippen molar-refractivity contribution in [1.29, 1.82) is 0 Å². The molecule has 1 aliphatic rings. The van der Waals surface area contributed by atoms with Gasteiger partial charge in [-0.3, -0.25) is 9.78 Å². The molecule has 11 nitrogen and oxygen atoms in total. The number of hydrogen-bond acceptors (Lipinski definition) is 10. The van der Waals surface area contributed by atoms with Gasteiger partial charge < -0.3 is 34.3 Å². The summed E-state index contributed by atoms with van der Waals surface area (Å²) in [7, 11) is 6.58. The van der Waals surface area contributed by atoms with Crippen molar-refractivity contribution in [3.05, 3.63) is 120 Å². The number of anilines is 3. The molecule has 1 fully saturated rings. The van der Waals surface area contributed by atoms with E-state index < -0.39 is 0 Å². The third kappa shape index (κ3) is 7.61. The summed E-state index contributed by atoms with van der Waals surface area (Å²) in [5, 5.41) is 14.3. The van der Waals surface area contributed by atoms with Crippen LogP contribution in [0.2, 0.25) is 0 Å². The molecule has 0 radical (unpaired) electrons. The van der Waals surface area contributed by atoms with Gasteiger partial charge in [0.25, 0.3) is 0 Å². The van der Waals surface area contributed by atoms with Gasteiger partial charge in [0, 0.05) is 71.9 Å². The molecule has 282 valence electrons. The predicted octanol–water partition coefficient (Wildman–Crippen LogP) is 7.78. The van der Waals surface area contributed by atoms with Gasteiger partial charge in [-0.2, -0.15) is 0 Å². The molecule has 3 atom stereocenters. The molecular formula is C44H45N5O6. The van der Waals surface area contributed by atoms with Crippen molar-refractivity contribution in [3.63, 3.8) is 0 Å². The number of ether oxygens (including phenoxy) is 4. The molecule has 55 heavy (non-hydrogen) atoms. The second-order valence-electron chi connectivity index (χ2n) is 13.8. The monoisotopic (exact) mass is 739 g/mol. The van der Waals surface area contributed by atoms with Crippen LogP contribution >= 0.6 is 0 Å². The molecule has 11 heteroatoms. The van der Waals surface area contributed by atoms with E-state index in [4.69, 9.17) is 28.9 Å². The first-order chi connectivity index (χ1) is 26.8. The van der Waals surface area contributed by atoms with E-state index in [2.05, 4.69) is 27.3 Å². The quantitative estimate of drug-likeness (QED) is 0.114. The third-order valence-electron chi connectivity index (χ3n) is 10.6. The Labute approximate surface area is 320 Å².